The summed E-state index contributed by atoms with van der Waals surface area (Å²) in [6.45, 7) is 4.61. The molecule has 26 nitrogen and oxygen atoms in total. The third-order valence-corrected chi connectivity index (χ3v) is 14.3. The molecule has 3 rings (SSSR count). The maximum atomic E-state index is 13.9. The lowest BCUT2D eigenvalue weighted by molar-refractivity contribution is -0.140. The number of benzene rings is 2. The molecule has 10 N–H and O–H groups in total. The van der Waals surface area contributed by atoms with E-state index in [0.29, 0.717) is 89.8 Å². The van der Waals surface area contributed by atoms with Crippen LogP contribution in [0.25, 0.3) is 0 Å². The largest absolute Gasteiger partial charge is 0.480 e. The van der Waals surface area contributed by atoms with Gasteiger partial charge in [-0.15, -0.1) is 0 Å². The minimum Gasteiger partial charge on any atom is -0.480 e. The third kappa shape index (κ3) is 32.0. The molecule has 0 unspecified atom stereocenters. The molecule has 0 aromatic heterocycles. The Kier molecular flexibility index (Phi) is 33.6. The fourth-order valence-corrected chi connectivity index (χ4v) is 9.29. The van der Waals surface area contributed by atoms with Crippen molar-refractivity contribution in [3.05, 3.63) is 68.8 Å². The van der Waals surface area contributed by atoms with Crippen molar-refractivity contribution in [3.8, 4) is 0 Å². The Hall–Kier alpha value is -6.82. The van der Waals surface area contributed by atoms with Crippen LogP contribution in [-0.4, -0.2) is 226 Å². The fourth-order valence-electron chi connectivity index (χ4n) is 8.93. The van der Waals surface area contributed by atoms with Crippen molar-refractivity contribution in [3.63, 3.8) is 0 Å². The molecule has 1 fully saturated rings. The topological polar surface area (TPSA) is 365 Å². The van der Waals surface area contributed by atoms with Crippen molar-refractivity contribution in [1.82, 2.24) is 51.1 Å². The number of nitrogens with one attached hydrogen (secondary N) is 5. The Morgan fingerprint density at radius 2 is 0.928 bits per heavy atom. The second kappa shape index (κ2) is 39.6. The summed E-state index contributed by atoms with van der Waals surface area (Å²) >= 11 is 2.19. The van der Waals surface area contributed by atoms with E-state index < -0.39 is 48.0 Å². The van der Waals surface area contributed by atoms with Gasteiger partial charge in [-0.25, -0.2) is 14.4 Å². The van der Waals surface area contributed by atoms with Gasteiger partial charge in [0.15, 0.2) is 0 Å². The van der Waals surface area contributed by atoms with Crippen molar-refractivity contribution in [2.45, 2.75) is 116 Å². The maximum absolute atomic E-state index is 13.9. The van der Waals surface area contributed by atoms with Crippen LogP contribution in [0.3, 0.4) is 0 Å². The number of carboxylic acids is 5. The Balaban J connectivity index is 1.34. The maximum Gasteiger partial charge on any atom is 0.326 e. The minimum atomic E-state index is -1.38. The lowest BCUT2D eigenvalue weighted by atomic mass is 10.1. The molecule has 460 valence electrons. The Labute approximate surface area is 497 Å². The molecule has 6 amide bonds. The summed E-state index contributed by atoms with van der Waals surface area (Å²) in [6, 6.07) is 10.8. The van der Waals surface area contributed by atoms with Gasteiger partial charge in [-0.2, -0.15) is 0 Å². The van der Waals surface area contributed by atoms with Crippen LogP contribution in [0, 0.1) is 3.57 Å². The van der Waals surface area contributed by atoms with Gasteiger partial charge in [-0.3, -0.25) is 53.2 Å². The molecule has 1 aliphatic heterocycles. The van der Waals surface area contributed by atoms with Crippen LogP contribution in [0.15, 0.2) is 48.5 Å². The number of aliphatic carboxylic acids is 5. The van der Waals surface area contributed by atoms with E-state index in [2.05, 4.69) is 49.2 Å². The summed E-state index contributed by atoms with van der Waals surface area (Å²) < 4.78 is 1.02. The predicted octanol–water partition coefficient (Wildman–Crippen LogP) is 2.12. The van der Waals surface area contributed by atoms with E-state index in [-0.39, 0.29) is 127 Å². The SMILES string of the molecule is CC(=O)CC[C@@H](NC(=O)N[C@H](CCCCN(Cc1ccc(I)cc1)C(=O)c1ccc(CNC(=O)CCCCNC(=O)CCCCCCNC(=O)CN2CCN(CC(=O)O)CCN(CC(=O)O)CCN(CC(=O)O)CC2)cc1)C(=O)O)C(=O)O. The summed E-state index contributed by atoms with van der Waals surface area (Å²) in [7, 11) is 0. The molecule has 27 heteroatoms. The van der Waals surface area contributed by atoms with Crippen molar-refractivity contribution in [2.24, 2.45) is 0 Å². The molecule has 0 radical (unpaired) electrons. The first-order valence-electron chi connectivity index (χ1n) is 28.1. The quantitative estimate of drug-likeness (QED) is 0.0342. The number of carboxylic acid groups (broad SMARTS) is 5. The van der Waals surface area contributed by atoms with Crippen LogP contribution in [0.4, 0.5) is 4.79 Å². The molecule has 1 saturated heterocycles. The first-order chi connectivity index (χ1) is 39.6. The summed E-state index contributed by atoms with van der Waals surface area (Å²) in [5.74, 6) is -6.76. The van der Waals surface area contributed by atoms with Gasteiger partial charge in [-0.1, -0.05) is 37.1 Å². The normalized spacial score (nSPS) is 14.6. The second-order valence-corrected chi connectivity index (χ2v) is 21.8. The molecule has 2 atom stereocenters. The molecular formula is C56H83IN10O16. The van der Waals surface area contributed by atoms with Crippen LogP contribution >= 0.6 is 22.6 Å². The molecule has 0 aliphatic carbocycles. The third-order valence-electron chi connectivity index (χ3n) is 13.6. The lowest BCUT2D eigenvalue weighted by Crippen LogP contribution is -2.51. The Bertz CT molecular complexity index is 2400. The lowest BCUT2D eigenvalue weighted by Gasteiger charge is -2.32. The average molecular weight is 1280 g/mol. The van der Waals surface area contributed by atoms with Crippen LogP contribution in [0.2, 0.25) is 0 Å². The van der Waals surface area contributed by atoms with Crippen molar-refractivity contribution >= 4 is 87.9 Å². The number of nitrogens with zero attached hydrogens (tertiary/aromatic N) is 5. The highest BCUT2D eigenvalue weighted by molar-refractivity contribution is 14.1. The fraction of sp³-hybridized carbons (Fsp3) is 0.589. The standard InChI is InChI=1S/C56H83IN10O16/c1-40(68)13-22-46(55(81)82)62-56(83)61-45(54(79)80)10-6-9-25-67(35-42-16-20-44(57)21-17-42)53(78)43-18-14-41(15-19-43)34-60-48(70)12-5-8-24-58-47(69)11-4-2-3-7-23-59-49(71)36-63-26-28-64(37-50(72)73)30-32-66(39-52(76)77)33-31-65(29-27-63)38-51(74)75/h14-21,45-46H,2-13,22-39H2,1H3,(H,58,69)(H,59,71)(H,60,70)(H,72,73)(H,74,75)(H,76,77)(H,79,80)(H,81,82)(H2,61,62,83)/t45-,46-/m1/s1. The van der Waals surface area contributed by atoms with E-state index >= 15 is 0 Å². The first kappa shape index (κ1) is 70.4. The number of hydrogen-bond acceptors (Lipinski definition) is 15. The molecule has 83 heavy (non-hydrogen) atoms. The van der Waals surface area contributed by atoms with Gasteiger partial charge in [0.1, 0.15) is 17.9 Å². The molecule has 2 aromatic rings. The predicted molar refractivity (Wildman–Crippen MR) is 312 cm³/mol. The van der Waals surface area contributed by atoms with Crippen molar-refractivity contribution < 1.29 is 78.3 Å². The number of ketones is 1. The van der Waals surface area contributed by atoms with Gasteiger partial charge in [0, 0.05) is 113 Å². The zero-order chi connectivity index (χ0) is 61.1. The molecule has 2 aromatic carbocycles. The Morgan fingerprint density at radius 3 is 1.42 bits per heavy atom. The van der Waals surface area contributed by atoms with Crippen LogP contribution in [0.1, 0.15) is 112 Å². The van der Waals surface area contributed by atoms with Crippen LogP contribution in [-0.2, 0) is 56.2 Å². The molecule has 0 bridgehead atoms. The summed E-state index contributed by atoms with van der Waals surface area (Å²) in [5, 5.41) is 60.7. The van der Waals surface area contributed by atoms with Gasteiger partial charge in [-0.05, 0) is 116 Å². The van der Waals surface area contributed by atoms with Gasteiger partial charge < -0.3 is 61.8 Å². The van der Waals surface area contributed by atoms with Gasteiger partial charge in [0.2, 0.25) is 17.7 Å². The molecule has 1 heterocycles. The zero-order valence-corrected chi connectivity index (χ0v) is 49.5. The van der Waals surface area contributed by atoms with E-state index in [9.17, 15) is 78.3 Å². The van der Waals surface area contributed by atoms with Gasteiger partial charge >= 0.3 is 35.9 Å². The highest BCUT2D eigenvalue weighted by Crippen LogP contribution is 2.16. The highest BCUT2D eigenvalue weighted by Gasteiger charge is 2.26. The smallest absolute Gasteiger partial charge is 0.326 e. The monoisotopic (exact) mass is 1280 g/mol. The van der Waals surface area contributed by atoms with E-state index in [1.807, 2.05) is 29.2 Å². The van der Waals surface area contributed by atoms with Crippen LogP contribution < -0.4 is 26.6 Å². The van der Waals surface area contributed by atoms with Gasteiger partial charge in [0.25, 0.3) is 5.91 Å². The number of halogens is 1. The zero-order valence-electron chi connectivity index (χ0n) is 47.3. The number of Topliss-reactive ketones (excluding diaryl/α,β-unsaturated/α-hetero) is 1. The Morgan fingerprint density at radius 1 is 0.494 bits per heavy atom. The number of rotatable bonds is 37. The molecule has 0 saturated carbocycles. The molecule has 1 aliphatic rings. The van der Waals surface area contributed by atoms with E-state index in [0.717, 1.165) is 27.5 Å². The first-order valence-corrected chi connectivity index (χ1v) is 29.1. The van der Waals surface area contributed by atoms with E-state index in [1.165, 1.54) is 6.92 Å². The van der Waals surface area contributed by atoms with E-state index in [4.69, 9.17) is 0 Å². The van der Waals surface area contributed by atoms with Crippen molar-refractivity contribution in [1.29, 1.82) is 0 Å². The number of hydrogen-bond donors (Lipinski definition) is 10. The number of unbranched alkanes of at least 4 members (excludes halogenated alkanes) is 5. The number of carbonyl (C=O) groups excluding carboxylic acids is 6. The second-order valence-electron chi connectivity index (χ2n) is 20.6. The van der Waals surface area contributed by atoms with E-state index in [1.54, 1.807) is 43.9 Å². The summed E-state index contributed by atoms with van der Waals surface area (Å²) in [5.41, 5.74) is 2.06. The highest BCUT2D eigenvalue weighted by atomic mass is 127. The number of urea groups is 1. The minimum absolute atomic E-state index is 0.00381. The summed E-state index contributed by atoms with van der Waals surface area (Å²) in [4.78, 5) is 143. The molecule has 0 spiro atoms. The molecular weight excluding hydrogens is 1200 g/mol. The summed E-state index contributed by atoms with van der Waals surface area (Å²) in [6.07, 6.45) is 5.15. The van der Waals surface area contributed by atoms with Crippen molar-refractivity contribution in [2.75, 3.05) is 98.2 Å². The number of carbonyl (C=O) groups is 11. The van der Waals surface area contributed by atoms with Crippen LogP contribution in [0.5, 0.6) is 0 Å². The average Bonchev–Trinajstić information content (AvgIpc) is 3.42. The van der Waals surface area contributed by atoms with Gasteiger partial charge in [0.05, 0.1) is 26.2 Å². The number of amides is 6.